The second-order valence-corrected chi connectivity index (χ2v) is 3.63. The monoisotopic (exact) mass is 210 g/mol. The first-order valence-electron chi connectivity index (χ1n) is 4.07. The number of hydrogen-bond donors (Lipinski definition) is 1. The lowest BCUT2D eigenvalue weighted by Crippen LogP contribution is -1.82. The van der Waals surface area contributed by atoms with Gasteiger partial charge in [0.1, 0.15) is 11.5 Å². The fourth-order valence-corrected chi connectivity index (χ4v) is 1.62. The van der Waals surface area contributed by atoms with E-state index in [-0.39, 0.29) is 0 Å². The van der Waals surface area contributed by atoms with Gasteiger partial charge in [-0.15, -0.1) is 0 Å². The van der Waals surface area contributed by atoms with Crippen molar-refractivity contribution in [2.45, 2.75) is 5.22 Å². The maximum Gasteiger partial charge on any atom is 0.259 e. The maximum atomic E-state index is 5.62. The first-order chi connectivity index (χ1) is 6.79. The predicted molar refractivity (Wildman–Crippen MR) is 56.2 cm³/mol. The normalized spacial score (nSPS) is 10.9. The molecule has 0 unspecified atom stereocenters. The molecule has 0 saturated carbocycles. The van der Waals surface area contributed by atoms with E-state index in [2.05, 4.69) is 4.98 Å². The van der Waals surface area contributed by atoms with E-state index in [1.165, 1.54) is 11.8 Å². The highest BCUT2D eigenvalue weighted by Crippen LogP contribution is 2.24. The maximum absolute atomic E-state index is 5.62. The summed E-state index contributed by atoms with van der Waals surface area (Å²) >= 11 is 1.41. The average Bonchev–Trinajstić information content (AvgIpc) is 2.56. The molecule has 0 spiro atoms. The van der Waals surface area contributed by atoms with Gasteiger partial charge in [-0.2, -0.15) is 0 Å². The van der Waals surface area contributed by atoms with E-state index in [0.29, 0.717) is 16.8 Å². The number of thioether (sulfide) groups is 1. The second kappa shape index (κ2) is 3.89. The van der Waals surface area contributed by atoms with Crippen LogP contribution in [0, 0.1) is 0 Å². The minimum atomic E-state index is 0.530. The average molecular weight is 210 g/mol. The Labute approximate surface area is 85.4 Å². The van der Waals surface area contributed by atoms with Crippen LogP contribution in [0.2, 0.25) is 0 Å². The summed E-state index contributed by atoms with van der Waals surface area (Å²) in [5.41, 5.74) is 7.84. The number of aromatic nitrogens is 1. The summed E-state index contributed by atoms with van der Waals surface area (Å²) in [5, 5.41) is 0.604. The largest absolute Gasteiger partial charge is 0.431 e. The minimum Gasteiger partial charge on any atom is -0.431 e. The van der Waals surface area contributed by atoms with E-state index >= 15 is 0 Å². The number of hydrogen-bond acceptors (Lipinski definition) is 5. The molecule has 1 heterocycles. The van der Waals surface area contributed by atoms with Gasteiger partial charge in [0.25, 0.3) is 5.22 Å². The minimum absolute atomic E-state index is 0.530. The molecule has 0 saturated heterocycles. The number of methoxy groups -OCH3 is 1. The fraction of sp³-hybridized carbons (Fsp3) is 0.222. The van der Waals surface area contributed by atoms with E-state index in [0.717, 1.165) is 11.1 Å². The van der Waals surface area contributed by atoms with E-state index in [9.17, 15) is 0 Å². The van der Waals surface area contributed by atoms with Gasteiger partial charge in [-0.05, 0) is 30.0 Å². The molecule has 2 aromatic rings. The summed E-state index contributed by atoms with van der Waals surface area (Å²) in [6.45, 7) is 0. The van der Waals surface area contributed by atoms with Crippen molar-refractivity contribution >= 4 is 28.5 Å². The summed E-state index contributed by atoms with van der Waals surface area (Å²) in [5.74, 6) is 0.530. The van der Waals surface area contributed by atoms with Gasteiger partial charge in [0, 0.05) is 12.8 Å². The quantitative estimate of drug-likeness (QED) is 0.477. The lowest BCUT2D eigenvalue weighted by molar-refractivity contribution is 0.257. The number of rotatable bonds is 3. The number of nitrogens with zero attached hydrogens (tertiary/aromatic N) is 1. The molecule has 0 aliphatic rings. The zero-order valence-corrected chi connectivity index (χ0v) is 8.50. The number of nitrogens with two attached hydrogens (primary N) is 1. The van der Waals surface area contributed by atoms with E-state index in [1.807, 2.05) is 6.07 Å². The Hall–Kier alpha value is -1.20. The molecular formula is C9H10N2O2S. The molecule has 0 amide bonds. The fourth-order valence-electron chi connectivity index (χ4n) is 1.09. The van der Waals surface area contributed by atoms with Gasteiger partial charge in [-0.1, -0.05) is 0 Å². The summed E-state index contributed by atoms with van der Waals surface area (Å²) in [6.07, 6.45) is 0. The molecular weight excluding hydrogens is 200 g/mol. The lowest BCUT2D eigenvalue weighted by Gasteiger charge is -1.90. The molecule has 0 aliphatic carbocycles. The topological polar surface area (TPSA) is 61.3 Å². The first-order valence-corrected chi connectivity index (χ1v) is 5.06. The first kappa shape index (κ1) is 9.36. The van der Waals surface area contributed by atoms with E-state index in [4.69, 9.17) is 14.9 Å². The van der Waals surface area contributed by atoms with Crippen molar-refractivity contribution < 1.29 is 9.15 Å². The summed E-state index contributed by atoms with van der Waals surface area (Å²) in [7, 11) is 1.63. The Morgan fingerprint density at radius 2 is 2.43 bits per heavy atom. The molecule has 0 fully saturated rings. The van der Waals surface area contributed by atoms with Crippen LogP contribution in [-0.2, 0) is 4.74 Å². The van der Waals surface area contributed by atoms with Crippen molar-refractivity contribution in [1.82, 2.24) is 4.98 Å². The van der Waals surface area contributed by atoms with Crippen molar-refractivity contribution in [3.05, 3.63) is 18.2 Å². The molecule has 0 aliphatic heterocycles. The molecule has 1 aromatic carbocycles. The SMILES string of the molecule is COCSc1nc2cc(N)ccc2o1. The van der Waals surface area contributed by atoms with Crippen LogP contribution >= 0.6 is 11.8 Å². The van der Waals surface area contributed by atoms with Crippen molar-refractivity contribution in [1.29, 1.82) is 0 Å². The van der Waals surface area contributed by atoms with Gasteiger partial charge < -0.3 is 14.9 Å². The van der Waals surface area contributed by atoms with Gasteiger partial charge in [-0.3, -0.25) is 0 Å². The van der Waals surface area contributed by atoms with Crippen LogP contribution in [0.25, 0.3) is 11.1 Å². The number of ether oxygens (including phenoxy) is 1. The number of nitrogen functional groups attached to an aromatic ring is 1. The van der Waals surface area contributed by atoms with Gasteiger partial charge in [0.15, 0.2) is 5.58 Å². The van der Waals surface area contributed by atoms with Crippen LogP contribution in [0.5, 0.6) is 0 Å². The number of oxazole rings is 1. The molecule has 0 atom stereocenters. The van der Waals surface area contributed by atoms with Crippen molar-refractivity contribution in [2.24, 2.45) is 0 Å². The summed E-state index contributed by atoms with van der Waals surface area (Å²) < 4.78 is 10.3. The van der Waals surface area contributed by atoms with Gasteiger partial charge in [-0.25, -0.2) is 4.98 Å². The highest BCUT2D eigenvalue weighted by atomic mass is 32.2. The van der Waals surface area contributed by atoms with Crippen LogP contribution < -0.4 is 5.73 Å². The molecule has 5 heteroatoms. The Morgan fingerprint density at radius 3 is 3.21 bits per heavy atom. The number of fused-ring (bicyclic) bond motifs is 1. The van der Waals surface area contributed by atoms with Gasteiger partial charge >= 0.3 is 0 Å². The van der Waals surface area contributed by atoms with Crippen LogP contribution in [0.1, 0.15) is 0 Å². The molecule has 0 bridgehead atoms. The highest BCUT2D eigenvalue weighted by Gasteiger charge is 2.05. The van der Waals surface area contributed by atoms with Crippen LogP contribution in [-0.4, -0.2) is 18.0 Å². The number of anilines is 1. The Kier molecular flexibility index (Phi) is 2.60. The third-order valence-corrected chi connectivity index (χ3v) is 2.47. The molecule has 2 N–H and O–H groups in total. The smallest absolute Gasteiger partial charge is 0.259 e. The Morgan fingerprint density at radius 1 is 1.57 bits per heavy atom. The molecule has 1 aromatic heterocycles. The Bertz CT molecular complexity index is 441. The Balaban J connectivity index is 2.32. The lowest BCUT2D eigenvalue weighted by atomic mass is 10.3. The van der Waals surface area contributed by atoms with Gasteiger partial charge in [0.05, 0.1) is 0 Å². The van der Waals surface area contributed by atoms with E-state index < -0.39 is 0 Å². The van der Waals surface area contributed by atoms with Crippen molar-refractivity contribution in [3.63, 3.8) is 0 Å². The molecule has 0 radical (unpaired) electrons. The van der Waals surface area contributed by atoms with Crippen LogP contribution in [0.3, 0.4) is 0 Å². The summed E-state index contributed by atoms with van der Waals surface area (Å²) in [6, 6.07) is 5.39. The molecule has 14 heavy (non-hydrogen) atoms. The highest BCUT2D eigenvalue weighted by molar-refractivity contribution is 7.98. The zero-order valence-electron chi connectivity index (χ0n) is 7.69. The third kappa shape index (κ3) is 1.83. The van der Waals surface area contributed by atoms with Gasteiger partial charge in [0.2, 0.25) is 0 Å². The zero-order chi connectivity index (χ0) is 9.97. The third-order valence-electron chi connectivity index (χ3n) is 1.69. The van der Waals surface area contributed by atoms with E-state index in [1.54, 1.807) is 19.2 Å². The van der Waals surface area contributed by atoms with Crippen molar-refractivity contribution in [3.8, 4) is 0 Å². The molecule has 4 nitrogen and oxygen atoms in total. The predicted octanol–water partition coefficient (Wildman–Crippen LogP) is 2.11. The number of benzene rings is 1. The molecule has 2 rings (SSSR count). The second-order valence-electron chi connectivity index (χ2n) is 2.76. The van der Waals surface area contributed by atoms with Crippen molar-refractivity contribution in [2.75, 3.05) is 18.8 Å². The van der Waals surface area contributed by atoms with Crippen LogP contribution in [0.4, 0.5) is 5.69 Å². The molecule has 74 valence electrons. The summed E-state index contributed by atoms with van der Waals surface area (Å²) in [4.78, 5) is 4.25. The van der Waals surface area contributed by atoms with Crippen LogP contribution in [0.15, 0.2) is 27.8 Å². The standard InChI is InChI=1S/C9H10N2O2S/c1-12-5-14-9-11-7-4-6(10)2-3-8(7)13-9/h2-4H,5,10H2,1H3.